The van der Waals surface area contributed by atoms with Gasteiger partial charge in [0.25, 0.3) is 0 Å². The average Bonchev–Trinajstić information content (AvgIpc) is 2.70. The van der Waals surface area contributed by atoms with Crippen LogP contribution >= 0.6 is 15.9 Å². The highest BCUT2D eigenvalue weighted by Gasteiger charge is 2.24. The van der Waals surface area contributed by atoms with Gasteiger partial charge in [0.15, 0.2) is 0 Å². The van der Waals surface area contributed by atoms with Gasteiger partial charge in [0.1, 0.15) is 0 Å². The molecule has 1 aliphatic rings. The van der Waals surface area contributed by atoms with Gasteiger partial charge in [-0.25, -0.2) is 0 Å². The lowest BCUT2D eigenvalue weighted by atomic mass is 10.1. The van der Waals surface area contributed by atoms with E-state index in [9.17, 15) is 4.79 Å². The molecule has 1 unspecified atom stereocenters. The second-order valence-corrected chi connectivity index (χ2v) is 5.93. The summed E-state index contributed by atoms with van der Waals surface area (Å²) >= 11 is 3.50. The van der Waals surface area contributed by atoms with Crippen LogP contribution in [0.25, 0.3) is 0 Å². The number of benzene rings is 1. The molecule has 1 aliphatic heterocycles. The Bertz CT molecular complexity index is 447. The molecule has 1 fully saturated rings. The number of aryl methyl sites for hydroxylation is 1. The van der Waals surface area contributed by atoms with Gasteiger partial charge in [-0.1, -0.05) is 28.1 Å². The van der Waals surface area contributed by atoms with Gasteiger partial charge in [-0.05, 0) is 43.0 Å². The molecule has 2 rings (SSSR count). The van der Waals surface area contributed by atoms with Crippen molar-refractivity contribution in [3.63, 3.8) is 0 Å². The van der Waals surface area contributed by atoms with Crippen LogP contribution in [0.15, 0.2) is 22.7 Å². The molecule has 0 saturated carbocycles. The number of likely N-dealkylation sites (tertiary alicyclic amines) is 1. The SMILES string of the molecule is Cc1cc(CN2CCC(CC(=O)O)C2)ccc1Br. The summed E-state index contributed by atoms with van der Waals surface area (Å²) < 4.78 is 1.14. The minimum absolute atomic E-state index is 0.301. The molecule has 0 aliphatic carbocycles. The second kappa shape index (κ2) is 5.85. The van der Waals surface area contributed by atoms with Crippen LogP contribution < -0.4 is 0 Å². The fourth-order valence-electron chi connectivity index (χ4n) is 2.53. The number of nitrogens with zero attached hydrogens (tertiary/aromatic N) is 1. The quantitative estimate of drug-likeness (QED) is 0.929. The monoisotopic (exact) mass is 311 g/mol. The van der Waals surface area contributed by atoms with Crippen molar-refractivity contribution in [1.29, 1.82) is 0 Å². The zero-order chi connectivity index (χ0) is 13.1. The van der Waals surface area contributed by atoms with Crippen LogP contribution in [0.5, 0.6) is 0 Å². The van der Waals surface area contributed by atoms with E-state index < -0.39 is 5.97 Å². The van der Waals surface area contributed by atoms with Crippen LogP contribution in [-0.4, -0.2) is 29.1 Å². The van der Waals surface area contributed by atoms with Crippen LogP contribution in [0.3, 0.4) is 0 Å². The Morgan fingerprint density at radius 2 is 2.33 bits per heavy atom. The van der Waals surface area contributed by atoms with E-state index in [1.807, 2.05) is 0 Å². The summed E-state index contributed by atoms with van der Waals surface area (Å²) in [7, 11) is 0. The zero-order valence-corrected chi connectivity index (χ0v) is 12.1. The molecule has 1 N–H and O–H groups in total. The van der Waals surface area contributed by atoms with Crippen molar-refractivity contribution in [3.05, 3.63) is 33.8 Å². The predicted octanol–water partition coefficient (Wildman–Crippen LogP) is 3.05. The Labute approximate surface area is 116 Å². The van der Waals surface area contributed by atoms with E-state index in [1.54, 1.807) is 0 Å². The molecule has 18 heavy (non-hydrogen) atoms. The van der Waals surface area contributed by atoms with Crippen molar-refractivity contribution in [3.8, 4) is 0 Å². The van der Waals surface area contributed by atoms with Crippen molar-refractivity contribution in [2.75, 3.05) is 13.1 Å². The van der Waals surface area contributed by atoms with Gasteiger partial charge in [-0.15, -0.1) is 0 Å². The lowest BCUT2D eigenvalue weighted by Gasteiger charge is -2.16. The molecule has 0 bridgehead atoms. The summed E-state index contributed by atoms with van der Waals surface area (Å²) in [6.07, 6.45) is 1.30. The first kappa shape index (κ1) is 13.6. The maximum atomic E-state index is 10.7. The highest BCUT2D eigenvalue weighted by Crippen LogP contribution is 2.23. The number of carbonyl (C=O) groups is 1. The van der Waals surface area contributed by atoms with E-state index in [1.165, 1.54) is 11.1 Å². The first-order valence-electron chi connectivity index (χ1n) is 6.24. The molecule has 0 spiro atoms. The summed E-state index contributed by atoms with van der Waals surface area (Å²) in [5, 5.41) is 8.79. The molecule has 0 radical (unpaired) electrons. The first-order chi connectivity index (χ1) is 8.54. The van der Waals surface area contributed by atoms with E-state index in [0.717, 1.165) is 30.5 Å². The lowest BCUT2D eigenvalue weighted by molar-refractivity contribution is -0.138. The third kappa shape index (κ3) is 3.56. The van der Waals surface area contributed by atoms with Crippen molar-refractivity contribution in [2.24, 2.45) is 5.92 Å². The number of hydrogen-bond acceptors (Lipinski definition) is 2. The van der Waals surface area contributed by atoms with Crippen LogP contribution in [0.4, 0.5) is 0 Å². The van der Waals surface area contributed by atoms with E-state index in [2.05, 4.69) is 46.0 Å². The largest absolute Gasteiger partial charge is 0.481 e. The van der Waals surface area contributed by atoms with Gasteiger partial charge in [0.05, 0.1) is 0 Å². The number of aliphatic carboxylic acids is 1. The zero-order valence-electron chi connectivity index (χ0n) is 10.5. The minimum atomic E-state index is -0.679. The minimum Gasteiger partial charge on any atom is -0.481 e. The Hall–Kier alpha value is -0.870. The summed E-state index contributed by atoms with van der Waals surface area (Å²) in [5.41, 5.74) is 2.54. The van der Waals surface area contributed by atoms with Gasteiger partial charge in [0.2, 0.25) is 0 Å². The molecule has 4 heteroatoms. The van der Waals surface area contributed by atoms with Gasteiger partial charge >= 0.3 is 5.97 Å². The topological polar surface area (TPSA) is 40.5 Å². The standard InChI is InChI=1S/C14H18BrNO2/c1-10-6-11(2-3-13(10)15)8-16-5-4-12(9-16)7-14(17)18/h2-3,6,12H,4-5,7-9H2,1H3,(H,17,18). The molecule has 1 aromatic rings. The Balaban J connectivity index is 1.91. The Morgan fingerprint density at radius 3 is 3.00 bits per heavy atom. The van der Waals surface area contributed by atoms with Gasteiger partial charge in [-0.2, -0.15) is 0 Å². The molecule has 0 amide bonds. The summed E-state index contributed by atoms with van der Waals surface area (Å²) in [6.45, 7) is 4.92. The Kier molecular flexibility index (Phi) is 4.40. The molecule has 0 aromatic heterocycles. The van der Waals surface area contributed by atoms with E-state index in [4.69, 9.17) is 5.11 Å². The number of hydrogen-bond donors (Lipinski definition) is 1. The molecule has 3 nitrogen and oxygen atoms in total. The average molecular weight is 312 g/mol. The molecule has 1 saturated heterocycles. The smallest absolute Gasteiger partial charge is 0.303 e. The van der Waals surface area contributed by atoms with Gasteiger partial charge in [0, 0.05) is 24.0 Å². The van der Waals surface area contributed by atoms with Crippen LogP contribution in [0.1, 0.15) is 24.0 Å². The fourth-order valence-corrected chi connectivity index (χ4v) is 2.78. The van der Waals surface area contributed by atoms with Crippen molar-refractivity contribution >= 4 is 21.9 Å². The number of rotatable bonds is 4. The maximum Gasteiger partial charge on any atom is 0.303 e. The van der Waals surface area contributed by atoms with Crippen LogP contribution in [0.2, 0.25) is 0 Å². The Morgan fingerprint density at radius 1 is 1.56 bits per heavy atom. The molecule has 1 aromatic carbocycles. The van der Waals surface area contributed by atoms with Crippen molar-refractivity contribution in [1.82, 2.24) is 4.90 Å². The number of carboxylic acids is 1. The van der Waals surface area contributed by atoms with Gasteiger partial charge in [-0.3, -0.25) is 9.69 Å². The third-order valence-corrected chi connectivity index (χ3v) is 4.35. The van der Waals surface area contributed by atoms with E-state index >= 15 is 0 Å². The van der Waals surface area contributed by atoms with Crippen molar-refractivity contribution < 1.29 is 9.90 Å². The first-order valence-corrected chi connectivity index (χ1v) is 7.03. The lowest BCUT2D eigenvalue weighted by Crippen LogP contribution is -2.20. The molecule has 98 valence electrons. The normalized spacial score (nSPS) is 20.2. The van der Waals surface area contributed by atoms with Crippen LogP contribution in [0, 0.1) is 12.8 Å². The van der Waals surface area contributed by atoms with Gasteiger partial charge < -0.3 is 5.11 Å². The summed E-state index contributed by atoms with van der Waals surface area (Å²) in [4.78, 5) is 13.0. The molecule has 1 atom stereocenters. The number of carboxylic acid groups (broad SMARTS) is 1. The fraction of sp³-hybridized carbons (Fsp3) is 0.500. The highest BCUT2D eigenvalue weighted by atomic mass is 79.9. The maximum absolute atomic E-state index is 10.7. The predicted molar refractivity (Wildman–Crippen MR) is 74.5 cm³/mol. The second-order valence-electron chi connectivity index (χ2n) is 5.07. The molecular weight excluding hydrogens is 294 g/mol. The molecular formula is C14H18BrNO2. The van der Waals surface area contributed by atoms with E-state index in [-0.39, 0.29) is 0 Å². The highest BCUT2D eigenvalue weighted by molar-refractivity contribution is 9.10. The van der Waals surface area contributed by atoms with Crippen molar-refractivity contribution in [2.45, 2.75) is 26.3 Å². The summed E-state index contributed by atoms with van der Waals surface area (Å²) in [6, 6.07) is 6.39. The third-order valence-electron chi connectivity index (χ3n) is 3.46. The van der Waals surface area contributed by atoms with Crippen LogP contribution in [-0.2, 0) is 11.3 Å². The number of halogens is 1. The molecule has 1 heterocycles. The summed E-state index contributed by atoms with van der Waals surface area (Å²) in [5.74, 6) is -0.361. The van der Waals surface area contributed by atoms with E-state index in [0.29, 0.717) is 12.3 Å².